The van der Waals surface area contributed by atoms with Crippen LogP contribution in [-0.2, 0) is 4.74 Å². The van der Waals surface area contributed by atoms with Crippen LogP contribution >= 0.6 is 0 Å². The zero-order chi connectivity index (χ0) is 3.86. The molecule has 4 heavy (non-hydrogen) atoms. The van der Waals surface area contributed by atoms with Gasteiger partial charge in [0.05, 0.1) is 14.1 Å². The zero-order valence-electron chi connectivity index (χ0n) is 3.56. The molecule has 0 saturated carbocycles. The van der Waals surface area contributed by atoms with Crippen LogP contribution in [0, 0.1) is 0 Å². The van der Waals surface area contributed by atoms with Crippen molar-refractivity contribution < 1.29 is 6.11 Å². The molecule has 0 unspecified atom stereocenters. The van der Waals surface area contributed by atoms with Crippen LogP contribution < -0.4 is 0 Å². The molecule has 0 aliphatic carbocycles. The van der Waals surface area contributed by atoms with Crippen LogP contribution in [0.15, 0.2) is 0 Å². The Labute approximate surface area is 27.0 Å². The van der Waals surface area contributed by atoms with Gasteiger partial charge in [-0.2, -0.15) is 0 Å². The van der Waals surface area contributed by atoms with Gasteiger partial charge in [-0.1, -0.05) is 0 Å². The molecule has 1 nitrogen and oxygen atoms in total. The third kappa shape index (κ3) is 0.206. The highest BCUT2D eigenvalue weighted by Gasteiger charge is 2.13. The first-order valence-electron chi connectivity index (χ1n) is 1.96. The van der Waals surface area contributed by atoms with E-state index in [9.17, 15) is 0 Å². The summed E-state index contributed by atoms with van der Waals surface area (Å²) >= 11 is 0. The van der Waals surface area contributed by atoms with Gasteiger partial charge in [0.15, 0.2) is 0 Å². The normalized spacial score (nSPS) is 61.8. The molecule has 0 aromatic carbocycles. The Morgan fingerprint density at radius 2 is 2.75 bits per heavy atom. The standard InChI is InChI=1S/C3H6O/c1-3-2-4-3/h3H,2H2,1H3/t3-/m0/s1/i2D/t2-,3-. The minimum Gasteiger partial charge on any atom is -0.373 e. The van der Waals surface area contributed by atoms with Gasteiger partial charge in [0.25, 0.3) is 0 Å². The Balaban J connectivity index is 2.20. The summed E-state index contributed by atoms with van der Waals surface area (Å²) in [7, 11) is 0. The van der Waals surface area contributed by atoms with Crippen LogP contribution in [0.1, 0.15) is 8.29 Å². The fourth-order valence-electron chi connectivity index (χ4n) is 0.0786. The fourth-order valence-corrected chi connectivity index (χ4v) is 0.0786. The molecule has 0 radical (unpaired) electrons. The Kier molecular flexibility index (Phi) is 0.163. The Morgan fingerprint density at radius 3 is 2.75 bits per heavy atom. The highest BCUT2D eigenvalue weighted by Crippen LogP contribution is 2.04. The molecule has 1 heteroatoms. The molecule has 1 rings (SSSR count). The number of hydrogen-bond donors (Lipinski definition) is 0. The lowest BCUT2D eigenvalue weighted by molar-refractivity contribution is 0.423. The molecule has 0 bridgehead atoms. The molecule has 0 amide bonds. The molecule has 1 fully saturated rings. The maximum Gasteiger partial charge on any atom is 0.0781 e. The Hall–Kier alpha value is -0.0400. The largest absolute Gasteiger partial charge is 0.373 e. The van der Waals surface area contributed by atoms with E-state index in [0.717, 1.165) is 0 Å². The monoisotopic (exact) mass is 59.0 g/mol. The first kappa shape index (κ1) is 1.41. The van der Waals surface area contributed by atoms with Crippen molar-refractivity contribution in [3.8, 4) is 0 Å². The maximum atomic E-state index is 6.68. The average molecular weight is 59.1 g/mol. The molecule has 1 saturated heterocycles. The van der Waals surface area contributed by atoms with E-state index in [2.05, 4.69) is 4.74 Å². The van der Waals surface area contributed by atoms with Gasteiger partial charge in [0, 0.05) is 0 Å². The van der Waals surface area contributed by atoms with Crippen molar-refractivity contribution in [1.82, 2.24) is 0 Å². The average Bonchev–Trinajstić information content (AvgIpc) is 1.79. The van der Waals surface area contributed by atoms with Gasteiger partial charge in [0.2, 0.25) is 0 Å². The molecule has 2 atom stereocenters. The molecule has 1 aliphatic heterocycles. The van der Waals surface area contributed by atoms with Crippen molar-refractivity contribution in [3.63, 3.8) is 0 Å². The summed E-state index contributed by atoms with van der Waals surface area (Å²) < 4.78 is 11.3. The fraction of sp³-hybridized carbons (Fsp3) is 1.00. The molecular formula is C3H6O. The van der Waals surface area contributed by atoms with Gasteiger partial charge in [0.1, 0.15) is 0 Å². The van der Waals surface area contributed by atoms with Gasteiger partial charge < -0.3 is 4.74 Å². The molecule has 0 N–H and O–H groups in total. The summed E-state index contributed by atoms with van der Waals surface area (Å²) in [6.07, 6.45) is 0.218. The Bertz CT molecular complexity index is 40.2. The summed E-state index contributed by atoms with van der Waals surface area (Å²) in [4.78, 5) is 0. The van der Waals surface area contributed by atoms with Crippen LogP contribution in [0.3, 0.4) is 0 Å². The van der Waals surface area contributed by atoms with Crippen molar-refractivity contribution in [3.05, 3.63) is 0 Å². The van der Waals surface area contributed by atoms with E-state index in [1.54, 1.807) is 0 Å². The highest BCUT2D eigenvalue weighted by atomic mass is 16.6. The molecular weight excluding hydrogens is 52.0 g/mol. The van der Waals surface area contributed by atoms with E-state index in [4.69, 9.17) is 1.37 Å². The molecule has 1 heterocycles. The molecule has 24 valence electrons. The van der Waals surface area contributed by atoms with Crippen LogP contribution in [0.4, 0.5) is 0 Å². The second-order valence-electron chi connectivity index (χ2n) is 0.977. The van der Waals surface area contributed by atoms with Crippen LogP contribution in [0.25, 0.3) is 0 Å². The third-order valence-electron chi connectivity index (χ3n) is 0.408. The molecule has 0 aromatic heterocycles. The number of rotatable bonds is 0. The van der Waals surface area contributed by atoms with Gasteiger partial charge in [-0.25, -0.2) is 0 Å². The van der Waals surface area contributed by atoms with Crippen LogP contribution in [0.5, 0.6) is 0 Å². The van der Waals surface area contributed by atoms with E-state index < -0.39 is 0 Å². The van der Waals surface area contributed by atoms with Crippen molar-refractivity contribution in [2.75, 3.05) is 6.58 Å². The van der Waals surface area contributed by atoms with E-state index in [0.29, 0.717) is 0 Å². The predicted molar refractivity (Wildman–Crippen MR) is 15.4 cm³/mol. The van der Waals surface area contributed by atoms with Crippen molar-refractivity contribution >= 4 is 0 Å². The lowest BCUT2D eigenvalue weighted by Crippen LogP contribution is -1.60. The highest BCUT2D eigenvalue weighted by molar-refractivity contribution is 4.58. The van der Waals surface area contributed by atoms with Crippen molar-refractivity contribution in [2.24, 2.45) is 0 Å². The molecule has 0 spiro atoms. The van der Waals surface area contributed by atoms with E-state index in [-0.39, 0.29) is 12.7 Å². The maximum absolute atomic E-state index is 6.68. The first-order valence-corrected chi connectivity index (χ1v) is 1.38. The van der Waals surface area contributed by atoms with Gasteiger partial charge in [-0.15, -0.1) is 0 Å². The van der Waals surface area contributed by atoms with E-state index >= 15 is 0 Å². The number of epoxide rings is 1. The minimum atomic E-state index is -0.199. The van der Waals surface area contributed by atoms with Gasteiger partial charge >= 0.3 is 0 Å². The van der Waals surface area contributed by atoms with E-state index in [1.165, 1.54) is 0 Å². The summed E-state index contributed by atoms with van der Waals surface area (Å²) in [6, 6.07) is 0. The van der Waals surface area contributed by atoms with E-state index in [1.807, 2.05) is 6.92 Å². The predicted octanol–water partition coefficient (Wildman–Crippen LogP) is 0.405. The summed E-state index contributed by atoms with van der Waals surface area (Å²) in [5.41, 5.74) is 0. The lowest BCUT2D eigenvalue weighted by atomic mass is 10.6. The number of ether oxygens (including phenoxy) is 1. The molecule has 0 aromatic rings. The van der Waals surface area contributed by atoms with Crippen LogP contribution in [-0.4, -0.2) is 12.7 Å². The second kappa shape index (κ2) is 0.462. The van der Waals surface area contributed by atoms with Crippen molar-refractivity contribution in [2.45, 2.75) is 13.0 Å². The summed E-state index contributed by atoms with van der Waals surface area (Å²) in [5.74, 6) is 0. The lowest BCUT2D eigenvalue weighted by Gasteiger charge is -1.50. The van der Waals surface area contributed by atoms with Gasteiger partial charge in [-0.05, 0) is 6.92 Å². The van der Waals surface area contributed by atoms with Crippen LogP contribution in [0.2, 0.25) is 0 Å². The smallest absolute Gasteiger partial charge is 0.0781 e. The SMILES string of the molecule is [2H][C@@H]1O[C@H]1C. The quantitative estimate of drug-likeness (QED) is 0.368. The third-order valence-corrected chi connectivity index (χ3v) is 0.408. The summed E-state index contributed by atoms with van der Waals surface area (Å²) in [6.45, 7) is 1.69. The minimum absolute atomic E-state index is 0.199. The molecule has 1 aliphatic rings. The topological polar surface area (TPSA) is 12.5 Å². The van der Waals surface area contributed by atoms with Crippen molar-refractivity contribution in [1.29, 1.82) is 0 Å². The Morgan fingerprint density at radius 1 is 2.50 bits per heavy atom. The summed E-state index contributed by atoms with van der Waals surface area (Å²) in [5, 5.41) is 0. The first-order chi connectivity index (χ1) is 2.30. The zero-order valence-corrected chi connectivity index (χ0v) is 2.56. The second-order valence-corrected chi connectivity index (χ2v) is 0.977. The van der Waals surface area contributed by atoms with Gasteiger partial charge in [-0.3, -0.25) is 0 Å². The number of hydrogen-bond acceptors (Lipinski definition) is 1.